The van der Waals surface area contributed by atoms with E-state index >= 15 is 0 Å². The molecule has 1 aromatic heterocycles. The normalized spacial score (nSPS) is 16.3. The number of thiazole rings is 1. The summed E-state index contributed by atoms with van der Waals surface area (Å²) < 4.78 is 18.7. The number of benzene rings is 2. The van der Waals surface area contributed by atoms with E-state index in [1.807, 2.05) is 23.6 Å². The molecular formula is C19H16ClFN2OS. The van der Waals surface area contributed by atoms with Crippen molar-refractivity contribution < 1.29 is 9.13 Å². The second-order valence-corrected chi connectivity index (χ2v) is 7.15. The van der Waals surface area contributed by atoms with Crippen molar-refractivity contribution in [2.75, 3.05) is 6.61 Å². The summed E-state index contributed by atoms with van der Waals surface area (Å²) in [5, 5.41) is 7.12. The maximum atomic E-state index is 13.0. The van der Waals surface area contributed by atoms with Gasteiger partial charge in [0.1, 0.15) is 16.6 Å². The lowest BCUT2D eigenvalue weighted by Crippen LogP contribution is -2.27. The molecule has 2 aromatic carbocycles. The Labute approximate surface area is 154 Å². The smallest absolute Gasteiger partial charge is 0.142 e. The molecule has 4 rings (SSSR count). The molecule has 0 radical (unpaired) electrons. The van der Waals surface area contributed by atoms with E-state index in [1.165, 1.54) is 12.1 Å². The number of hydrogen-bond donors (Lipinski definition) is 1. The van der Waals surface area contributed by atoms with Crippen LogP contribution in [-0.2, 0) is 6.54 Å². The zero-order chi connectivity index (χ0) is 17.2. The fourth-order valence-corrected chi connectivity index (χ4v) is 4.00. The van der Waals surface area contributed by atoms with Crippen molar-refractivity contribution >= 4 is 22.9 Å². The number of nitrogens with one attached hydrogen (secondary N) is 1. The number of ether oxygens (including phenoxy) is 1. The summed E-state index contributed by atoms with van der Waals surface area (Å²) in [6.45, 7) is 1.31. The lowest BCUT2D eigenvalue weighted by Gasteiger charge is -2.27. The van der Waals surface area contributed by atoms with Gasteiger partial charge in [0.2, 0.25) is 0 Å². The molecule has 3 aromatic rings. The summed E-state index contributed by atoms with van der Waals surface area (Å²) >= 11 is 7.78. The van der Waals surface area contributed by atoms with Crippen molar-refractivity contribution in [3.63, 3.8) is 0 Å². The Kier molecular flexibility index (Phi) is 4.70. The average molecular weight is 375 g/mol. The third kappa shape index (κ3) is 3.54. The molecule has 2 heterocycles. The Hall–Kier alpha value is -1.95. The van der Waals surface area contributed by atoms with Crippen molar-refractivity contribution in [1.29, 1.82) is 0 Å². The average Bonchev–Trinajstić information content (AvgIpc) is 3.10. The minimum absolute atomic E-state index is 0.193. The number of nitrogens with zero attached hydrogens (tertiary/aromatic N) is 1. The van der Waals surface area contributed by atoms with Crippen LogP contribution in [0, 0.1) is 5.82 Å². The maximum Gasteiger partial charge on any atom is 0.142 e. The van der Waals surface area contributed by atoms with Crippen molar-refractivity contribution in [3.05, 3.63) is 69.9 Å². The molecule has 1 unspecified atom stereocenters. The van der Waals surface area contributed by atoms with Crippen molar-refractivity contribution in [1.82, 2.24) is 10.3 Å². The first-order chi connectivity index (χ1) is 12.2. The highest BCUT2D eigenvalue weighted by Gasteiger charge is 2.23. The second-order valence-electron chi connectivity index (χ2n) is 5.88. The van der Waals surface area contributed by atoms with E-state index in [4.69, 9.17) is 16.3 Å². The monoisotopic (exact) mass is 374 g/mol. The largest absolute Gasteiger partial charge is 0.492 e. The van der Waals surface area contributed by atoms with E-state index in [2.05, 4.69) is 10.3 Å². The van der Waals surface area contributed by atoms with E-state index in [0.29, 0.717) is 18.2 Å². The Morgan fingerprint density at radius 2 is 2.08 bits per heavy atom. The molecule has 1 aliphatic rings. The summed E-state index contributed by atoms with van der Waals surface area (Å²) in [4.78, 5) is 4.64. The minimum atomic E-state index is -0.237. The minimum Gasteiger partial charge on any atom is -0.492 e. The molecule has 0 fully saturated rings. The van der Waals surface area contributed by atoms with Gasteiger partial charge >= 0.3 is 0 Å². The van der Waals surface area contributed by atoms with Gasteiger partial charge in [0, 0.05) is 35.5 Å². The highest BCUT2D eigenvalue weighted by atomic mass is 35.5. The summed E-state index contributed by atoms with van der Waals surface area (Å²) in [5.74, 6) is 0.539. The first-order valence-corrected chi connectivity index (χ1v) is 9.31. The van der Waals surface area contributed by atoms with Crippen molar-refractivity contribution in [3.8, 4) is 16.3 Å². The fourth-order valence-electron chi connectivity index (χ4n) is 2.94. The zero-order valence-corrected chi connectivity index (χ0v) is 14.9. The molecule has 3 nitrogen and oxygen atoms in total. The number of hydrogen-bond acceptors (Lipinski definition) is 4. The predicted molar refractivity (Wildman–Crippen MR) is 98.7 cm³/mol. The molecule has 1 N–H and O–H groups in total. The van der Waals surface area contributed by atoms with E-state index in [-0.39, 0.29) is 11.9 Å². The van der Waals surface area contributed by atoms with Crippen LogP contribution in [0.5, 0.6) is 5.75 Å². The predicted octanol–water partition coefficient (Wildman–Crippen LogP) is 5.22. The Morgan fingerprint density at radius 1 is 1.24 bits per heavy atom. The van der Waals surface area contributed by atoms with E-state index in [0.717, 1.165) is 34.0 Å². The molecule has 1 atom stereocenters. The maximum absolute atomic E-state index is 13.0. The van der Waals surface area contributed by atoms with Crippen LogP contribution in [0.1, 0.15) is 23.7 Å². The first kappa shape index (κ1) is 16.5. The standard InChI is InChI=1S/C19H16ClFN2OS/c20-16-3-1-2-15-17(8-9-24-18(15)16)22-10-14-11-25-19(23-14)12-4-6-13(21)7-5-12/h1-7,11,17,22H,8-10H2. The Bertz CT molecular complexity index is 881. The van der Waals surface area contributed by atoms with Gasteiger partial charge < -0.3 is 10.1 Å². The molecule has 25 heavy (non-hydrogen) atoms. The molecule has 0 bridgehead atoms. The molecule has 1 aliphatic heterocycles. The third-order valence-electron chi connectivity index (χ3n) is 4.20. The third-order valence-corrected chi connectivity index (χ3v) is 5.44. The Morgan fingerprint density at radius 3 is 2.92 bits per heavy atom. The van der Waals surface area contributed by atoms with Crippen molar-refractivity contribution in [2.24, 2.45) is 0 Å². The van der Waals surface area contributed by atoms with E-state index in [9.17, 15) is 4.39 Å². The van der Waals surface area contributed by atoms with Gasteiger partial charge in [-0.3, -0.25) is 0 Å². The van der Waals surface area contributed by atoms with Gasteiger partial charge in [-0.15, -0.1) is 11.3 Å². The number of aromatic nitrogens is 1. The summed E-state index contributed by atoms with van der Waals surface area (Å²) in [5.41, 5.74) is 2.99. The molecule has 6 heteroatoms. The molecule has 0 saturated carbocycles. The van der Waals surface area contributed by atoms with Gasteiger partial charge in [-0.05, 0) is 30.3 Å². The van der Waals surface area contributed by atoms with Crippen LogP contribution in [0.3, 0.4) is 0 Å². The molecule has 0 spiro atoms. The topological polar surface area (TPSA) is 34.2 Å². The van der Waals surface area contributed by atoms with Gasteiger partial charge in [-0.1, -0.05) is 23.7 Å². The van der Waals surface area contributed by atoms with Crippen molar-refractivity contribution in [2.45, 2.75) is 19.0 Å². The van der Waals surface area contributed by atoms with Gasteiger partial charge in [0.15, 0.2) is 0 Å². The summed E-state index contributed by atoms with van der Waals surface area (Å²) in [6, 6.07) is 12.4. The van der Waals surface area contributed by atoms with Crippen LogP contribution in [0.2, 0.25) is 5.02 Å². The van der Waals surface area contributed by atoms with Crippen LogP contribution in [0.25, 0.3) is 10.6 Å². The van der Waals surface area contributed by atoms with Crippen LogP contribution in [0.15, 0.2) is 47.8 Å². The number of halogens is 2. The van der Waals surface area contributed by atoms with Gasteiger partial charge in [0.05, 0.1) is 17.3 Å². The van der Waals surface area contributed by atoms with E-state index < -0.39 is 0 Å². The molecule has 0 aliphatic carbocycles. The highest BCUT2D eigenvalue weighted by molar-refractivity contribution is 7.13. The van der Waals surface area contributed by atoms with Crippen LogP contribution >= 0.6 is 22.9 Å². The summed E-state index contributed by atoms with van der Waals surface area (Å²) in [7, 11) is 0. The highest BCUT2D eigenvalue weighted by Crippen LogP contribution is 2.37. The molecule has 0 saturated heterocycles. The van der Waals surface area contributed by atoms with Gasteiger partial charge in [-0.2, -0.15) is 0 Å². The molecular weight excluding hydrogens is 359 g/mol. The lowest BCUT2D eigenvalue weighted by atomic mass is 10.0. The number of para-hydroxylation sites is 1. The Balaban J connectivity index is 1.46. The molecule has 0 amide bonds. The fraction of sp³-hybridized carbons (Fsp3) is 0.211. The van der Waals surface area contributed by atoms with Gasteiger partial charge in [0.25, 0.3) is 0 Å². The van der Waals surface area contributed by atoms with Crippen LogP contribution in [-0.4, -0.2) is 11.6 Å². The number of fused-ring (bicyclic) bond motifs is 1. The van der Waals surface area contributed by atoms with Crippen LogP contribution in [0.4, 0.5) is 4.39 Å². The van der Waals surface area contributed by atoms with Crippen LogP contribution < -0.4 is 10.1 Å². The summed E-state index contributed by atoms with van der Waals surface area (Å²) in [6.07, 6.45) is 0.891. The molecule has 128 valence electrons. The zero-order valence-electron chi connectivity index (χ0n) is 13.3. The SMILES string of the molecule is Fc1ccc(-c2nc(CNC3CCOc4c(Cl)cccc43)cs2)cc1. The van der Waals surface area contributed by atoms with E-state index in [1.54, 1.807) is 23.5 Å². The second kappa shape index (κ2) is 7.12. The first-order valence-electron chi connectivity index (χ1n) is 8.05. The number of rotatable bonds is 4. The quantitative estimate of drug-likeness (QED) is 0.680. The lowest BCUT2D eigenvalue weighted by molar-refractivity contribution is 0.252. The van der Waals surface area contributed by atoms with Gasteiger partial charge in [-0.25, -0.2) is 9.37 Å².